The van der Waals surface area contributed by atoms with Crippen LogP contribution in [0.5, 0.6) is 11.5 Å². The predicted octanol–water partition coefficient (Wildman–Crippen LogP) is 3.81. The second-order valence-corrected chi connectivity index (χ2v) is 12.4. The molecule has 0 radical (unpaired) electrons. The Morgan fingerprint density at radius 2 is 1.85 bits per heavy atom. The molecule has 0 aliphatic carbocycles. The maximum Gasteiger partial charge on any atom is 0.347 e. The first-order valence-electron chi connectivity index (χ1n) is 8.72. The average molecular weight is 383 g/mol. The first-order valence-corrected chi connectivity index (χ1v) is 11.6. The Labute approximate surface area is 156 Å². The largest absolute Gasteiger partial charge is 0.543 e. The van der Waals surface area contributed by atoms with E-state index in [0.29, 0.717) is 11.3 Å². The molecule has 1 aromatic carbocycles. The van der Waals surface area contributed by atoms with Crippen molar-refractivity contribution in [2.24, 2.45) is 0 Å². The van der Waals surface area contributed by atoms with E-state index in [2.05, 4.69) is 33.9 Å². The number of hydrogen-bond acceptors (Lipinski definition) is 6. The van der Waals surface area contributed by atoms with Crippen molar-refractivity contribution in [1.29, 1.82) is 0 Å². The van der Waals surface area contributed by atoms with Gasteiger partial charge in [0.2, 0.25) is 14.4 Å². The second kappa shape index (κ2) is 8.57. The Balaban J connectivity index is 3.08. The molecule has 26 heavy (non-hydrogen) atoms. The smallest absolute Gasteiger partial charge is 0.347 e. The molecule has 1 aromatic rings. The van der Waals surface area contributed by atoms with Crippen molar-refractivity contribution in [3.05, 3.63) is 23.8 Å². The number of carbonyl (C=O) groups is 2. The highest BCUT2D eigenvalue weighted by Crippen LogP contribution is 2.38. The molecule has 1 N–H and O–H groups in total. The summed E-state index contributed by atoms with van der Waals surface area (Å²) in [6.07, 6.45) is -1.10. The van der Waals surface area contributed by atoms with Gasteiger partial charge >= 0.3 is 11.9 Å². The minimum atomic E-state index is -2.05. The first-order chi connectivity index (χ1) is 11.9. The summed E-state index contributed by atoms with van der Waals surface area (Å²) >= 11 is 0. The van der Waals surface area contributed by atoms with Gasteiger partial charge in [0.15, 0.2) is 0 Å². The maximum atomic E-state index is 12.0. The third kappa shape index (κ3) is 6.05. The van der Waals surface area contributed by atoms with E-state index < -0.39 is 26.4 Å². The van der Waals surface area contributed by atoms with Crippen molar-refractivity contribution < 1.29 is 28.6 Å². The summed E-state index contributed by atoms with van der Waals surface area (Å²) in [4.78, 5) is 23.3. The SMILES string of the molecule is CCOC(=O)C(Cc1cc(O[Si](C)(C)C(C)(C)C)ccc1O)OC(C)=O. The molecule has 146 valence electrons. The molecule has 0 saturated carbocycles. The van der Waals surface area contributed by atoms with Gasteiger partial charge in [-0.05, 0) is 43.3 Å². The van der Waals surface area contributed by atoms with Crippen LogP contribution in [0.2, 0.25) is 18.1 Å². The highest BCUT2D eigenvalue weighted by Gasteiger charge is 2.39. The lowest BCUT2D eigenvalue weighted by atomic mass is 10.1. The molecular formula is C19H30O6Si. The summed E-state index contributed by atoms with van der Waals surface area (Å²) in [6.45, 7) is 13.7. The van der Waals surface area contributed by atoms with Crippen molar-refractivity contribution in [3.63, 3.8) is 0 Å². The molecule has 0 aromatic heterocycles. The molecule has 0 fully saturated rings. The van der Waals surface area contributed by atoms with Gasteiger partial charge < -0.3 is 19.0 Å². The van der Waals surface area contributed by atoms with Gasteiger partial charge in [-0.15, -0.1) is 0 Å². The molecule has 0 bridgehead atoms. The van der Waals surface area contributed by atoms with E-state index in [-0.39, 0.29) is 23.8 Å². The minimum absolute atomic E-state index is 0.00836. The predicted molar refractivity (Wildman–Crippen MR) is 102 cm³/mol. The first kappa shape index (κ1) is 22.0. The molecule has 1 rings (SSSR count). The number of esters is 2. The fourth-order valence-electron chi connectivity index (χ4n) is 2.04. The van der Waals surface area contributed by atoms with Crippen molar-refractivity contribution in [1.82, 2.24) is 0 Å². The van der Waals surface area contributed by atoms with Crippen LogP contribution in [-0.2, 0) is 25.5 Å². The van der Waals surface area contributed by atoms with Crippen LogP contribution in [0, 0.1) is 0 Å². The van der Waals surface area contributed by atoms with Crippen LogP contribution in [0.25, 0.3) is 0 Å². The number of aromatic hydroxyl groups is 1. The van der Waals surface area contributed by atoms with Crippen molar-refractivity contribution in [2.75, 3.05) is 6.61 Å². The monoisotopic (exact) mass is 382 g/mol. The lowest BCUT2D eigenvalue weighted by molar-refractivity contribution is -0.166. The third-order valence-corrected chi connectivity index (χ3v) is 8.85. The van der Waals surface area contributed by atoms with Crippen LogP contribution < -0.4 is 4.43 Å². The molecule has 6 nitrogen and oxygen atoms in total. The van der Waals surface area contributed by atoms with Crippen molar-refractivity contribution >= 4 is 20.3 Å². The number of carbonyl (C=O) groups excluding carboxylic acids is 2. The Morgan fingerprint density at radius 1 is 1.23 bits per heavy atom. The van der Waals surface area contributed by atoms with Crippen LogP contribution in [0.1, 0.15) is 40.2 Å². The van der Waals surface area contributed by atoms with E-state index in [1.807, 2.05) is 0 Å². The third-order valence-electron chi connectivity index (χ3n) is 4.49. The molecule has 0 amide bonds. The second-order valence-electron chi connectivity index (χ2n) is 7.71. The minimum Gasteiger partial charge on any atom is -0.543 e. The summed E-state index contributed by atoms with van der Waals surface area (Å²) in [5.74, 6) is -0.599. The van der Waals surface area contributed by atoms with Gasteiger partial charge in [-0.1, -0.05) is 20.8 Å². The topological polar surface area (TPSA) is 82.1 Å². The number of ether oxygens (including phenoxy) is 2. The molecule has 0 aliphatic heterocycles. The lowest BCUT2D eigenvalue weighted by Crippen LogP contribution is -2.43. The summed E-state index contributed by atoms with van der Waals surface area (Å²) in [5.41, 5.74) is 0.459. The van der Waals surface area contributed by atoms with Crippen molar-refractivity contribution in [3.8, 4) is 11.5 Å². The van der Waals surface area contributed by atoms with E-state index in [1.54, 1.807) is 19.1 Å². The van der Waals surface area contributed by atoms with E-state index in [0.717, 1.165) is 0 Å². The molecule has 1 atom stereocenters. The van der Waals surface area contributed by atoms with Crippen LogP contribution in [0.15, 0.2) is 18.2 Å². The van der Waals surface area contributed by atoms with Gasteiger partial charge in [-0.3, -0.25) is 4.79 Å². The molecular weight excluding hydrogens is 352 g/mol. The molecule has 0 saturated heterocycles. The fourth-order valence-corrected chi connectivity index (χ4v) is 3.07. The highest BCUT2D eigenvalue weighted by atomic mass is 28.4. The molecule has 0 spiro atoms. The van der Waals surface area contributed by atoms with Gasteiger partial charge in [0.25, 0.3) is 0 Å². The normalized spacial score (nSPS) is 13.0. The van der Waals surface area contributed by atoms with Gasteiger partial charge in [-0.25, -0.2) is 4.79 Å². The zero-order chi connectivity index (χ0) is 20.1. The molecule has 1 unspecified atom stereocenters. The van der Waals surface area contributed by atoms with Crippen LogP contribution in [0.4, 0.5) is 0 Å². The molecule has 0 aliphatic rings. The van der Waals surface area contributed by atoms with Gasteiger partial charge in [0.1, 0.15) is 11.5 Å². The van der Waals surface area contributed by atoms with Crippen LogP contribution in [0.3, 0.4) is 0 Å². The Hall–Kier alpha value is -2.02. The van der Waals surface area contributed by atoms with E-state index >= 15 is 0 Å². The lowest BCUT2D eigenvalue weighted by Gasteiger charge is -2.36. The zero-order valence-corrected chi connectivity index (χ0v) is 17.7. The van der Waals surface area contributed by atoms with E-state index in [1.165, 1.54) is 13.0 Å². The average Bonchev–Trinajstić information content (AvgIpc) is 2.48. The van der Waals surface area contributed by atoms with Crippen LogP contribution in [-0.4, -0.2) is 38.1 Å². The van der Waals surface area contributed by atoms with Crippen molar-refractivity contribution in [2.45, 2.75) is 65.3 Å². The zero-order valence-electron chi connectivity index (χ0n) is 16.7. The summed E-state index contributed by atoms with van der Waals surface area (Å²) in [5, 5.41) is 10.2. The van der Waals surface area contributed by atoms with Gasteiger partial charge in [0, 0.05) is 18.9 Å². The van der Waals surface area contributed by atoms with Gasteiger partial charge in [0.05, 0.1) is 6.61 Å². The Bertz CT molecular complexity index is 648. The summed E-state index contributed by atoms with van der Waals surface area (Å²) in [7, 11) is -2.05. The Morgan fingerprint density at radius 3 is 2.35 bits per heavy atom. The quantitative estimate of drug-likeness (QED) is 0.570. The number of benzene rings is 1. The number of phenolic OH excluding ortho intramolecular Hbond substituents is 1. The maximum absolute atomic E-state index is 12.0. The fraction of sp³-hybridized carbons (Fsp3) is 0.579. The number of phenols is 1. The number of hydrogen-bond donors (Lipinski definition) is 1. The molecule has 7 heteroatoms. The molecule has 0 heterocycles. The number of rotatable bonds is 7. The standard InChI is InChI=1S/C19H30O6Si/c1-8-23-18(22)17(24-13(2)20)12-14-11-15(9-10-16(14)21)25-26(6,7)19(3,4)5/h9-11,17,21H,8,12H2,1-7H3. The summed E-state index contributed by atoms with van der Waals surface area (Å²) < 4.78 is 16.2. The van der Waals surface area contributed by atoms with E-state index in [9.17, 15) is 14.7 Å². The summed E-state index contributed by atoms with van der Waals surface area (Å²) in [6, 6.07) is 4.91. The Kier molecular flexibility index (Phi) is 7.26. The van der Waals surface area contributed by atoms with Gasteiger partial charge in [-0.2, -0.15) is 0 Å². The highest BCUT2D eigenvalue weighted by molar-refractivity contribution is 6.74. The van der Waals surface area contributed by atoms with Crippen LogP contribution >= 0.6 is 0 Å². The van der Waals surface area contributed by atoms with E-state index in [4.69, 9.17) is 13.9 Å².